The van der Waals surface area contributed by atoms with E-state index in [2.05, 4.69) is 38.3 Å². The van der Waals surface area contributed by atoms with E-state index in [0.717, 1.165) is 22.6 Å². The van der Waals surface area contributed by atoms with Crippen LogP contribution in [0.15, 0.2) is 36.4 Å². The number of nitrogens with one attached hydrogen (secondary N) is 2. The first kappa shape index (κ1) is 24.4. The largest absolute Gasteiger partial charge is 0.326 e. The molecule has 2 aromatic carbocycles. The molecular formula is C25H30N2O3S2. The van der Waals surface area contributed by atoms with E-state index in [9.17, 15) is 14.4 Å². The lowest BCUT2D eigenvalue weighted by Crippen LogP contribution is -2.13. The van der Waals surface area contributed by atoms with E-state index in [4.69, 9.17) is 0 Å². The molecule has 5 nitrogen and oxygen atoms in total. The second kappa shape index (κ2) is 11.1. The molecule has 7 heteroatoms. The van der Waals surface area contributed by atoms with Crippen LogP contribution in [0.1, 0.15) is 56.5 Å². The van der Waals surface area contributed by atoms with Gasteiger partial charge in [0.05, 0.1) is 0 Å². The minimum absolute atomic E-state index is 0.0540. The molecule has 0 fully saturated rings. The zero-order valence-electron chi connectivity index (χ0n) is 19.0. The smallest absolute Gasteiger partial charge is 0.225 e. The van der Waals surface area contributed by atoms with Crippen LogP contribution in [0.4, 0.5) is 11.4 Å². The molecule has 32 heavy (non-hydrogen) atoms. The van der Waals surface area contributed by atoms with Crippen molar-refractivity contribution in [3.63, 3.8) is 0 Å². The Hall–Kier alpha value is -2.25. The third-order valence-corrected chi connectivity index (χ3v) is 7.16. The summed E-state index contributed by atoms with van der Waals surface area (Å²) >= 11 is 3.49. The molecule has 2 aromatic rings. The molecule has 0 saturated heterocycles. The second-order valence-corrected chi connectivity index (χ2v) is 11.7. The van der Waals surface area contributed by atoms with Crippen molar-refractivity contribution in [3.8, 4) is 11.1 Å². The number of rotatable bonds is 10. The van der Waals surface area contributed by atoms with Crippen molar-refractivity contribution in [1.29, 1.82) is 0 Å². The van der Waals surface area contributed by atoms with Crippen molar-refractivity contribution >= 4 is 52.5 Å². The summed E-state index contributed by atoms with van der Waals surface area (Å²) in [6, 6.07) is 10.9. The van der Waals surface area contributed by atoms with Gasteiger partial charge in [0.15, 0.2) is 5.78 Å². The summed E-state index contributed by atoms with van der Waals surface area (Å²) in [5, 5.41) is 6.77. The fourth-order valence-corrected chi connectivity index (χ4v) is 5.01. The summed E-state index contributed by atoms with van der Waals surface area (Å²) in [7, 11) is 0. The van der Waals surface area contributed by atoms with Crippen molar-refractivity contribution < 1.29 is 14.4 Å². The molecule has 3 rings (SSSR count). The molecule has 0 aromatic heterocycles. The fourth-order valence-electron chi connectivity index (χ4n) is 3.46. The molecule has 0 unspecified atom stereocenters. The number of fused-ring (bicyclic) bond motifs is 3. The zero-order chi connectivity index (χ0) is 23.3. The molecule has 0 heterocycles. The molecule has 2 N–H and O–H groups in total. The van der Waals surface area contributed by atoms with E-state index < -0.39 is 0 Å². The van der Waals surface area contributed by atoms with Crippen molar-refractivity contribution in [2.45, 2.75) is 51.0 Å². The number of hydrogen-bond acceptors (Lipinski definition) is 5. The predicted octanol–water partition coefficient (Wildman–Crippen LogP) is 5.84. The molecule has 0 aliphatic heterocycles. The van der Waals surface area contributed by atoms with E-state index in [-0.39, 0.29) is 17.6 Å². The first-order valence-corrected chi connectivity index (χ1v) is 13.0. The number of hydrogen-bond donors (Lipinski definition) is 2. The summed E-state index contributed by atoms with van der Waals surface area (Å²) < 4.78 is 0. The van der Waals surface area contributed by atoms with E-state index in [1.165, 1.54) is 0 Å². The van der Waals surface area contributed by atoms with E-state index in [1.54, 1.807) is 35.7 Å². The van der Waals surface area contributed by atoms with E-state index >= 15 is 0 Å². The topological polar surface area (TPSA) is 75.3 Å². The van der Waals surface area contributed by atoms with Crippen LogP contribution < -0.4 is 10.6 Å². The number of anilines is 2. The maximum atomic E-state index is 13.0. The standard InChI is InChI=1S/C25H30N2O3S2/c1-15(2)31-11-9-23(28)26-17-5-7-19-20-8-6-18(14-22(20)25(30)21(19)13-17)27-24(29)10-12-32-16(3)4/h5-8,13-16H,9-12H2,1-4H3,(H,26,28)(H,27,29). The van der Waals surface area contributed by atoms with Crippen molar-refractivity contribution in [3.05, 3.63) is 47.5 Å². The summed E-state index contributed by atoms with van der Waals surface area (Å²) in [6.07, 6.45) is 0.875. The minimum atomic E-state index is -0.0899. The van der Waals surface area contributed by atoms with Gasteiger partial charge < -0.3 is 10.6 Å². The van der Waals surface area contributed by atoms with Crippen LogP contribution >= 0.6 is 23.5 Å². The molecule has 0 spiro atoms. The van der Waals surface area contributed by atoms with Gasteiger partial charge in [0.1, 0.15) is 0 Å². The van der Waals surface area contributed by atoms with Gasteiger partial charge in [-0.25, -0.2) is 0 Å². The number of amides is 2. The highest BCUT2D eigenvalue weighted by molar-refractivity contribution is 8.00. The van der Waals surface area contributed by atoms with Gasteiger partial charge in [-0.2, -0.15) is 23.5 Å². The Kier molecular flexibility index (Phi) is 8.43. The quantitative estimate of drug-likeness (QED) is 0.389. The highest BCUT2D eigenvalue weighted by Gasteiger charge is 2.27. The Morgan fingerprint density at radius 3 is 1.50 bits per heavy atom. The Labute approximate surface area is 198 Å². The molecule has 1 aliphatic rings. The second-order valence-electron chi connectivity index (χ2n) is 8.29. The molecule has 0 saturated carbocycles. The lowest BCUT2D eigenvalue weighted by molar-refractivity contribution is -0.116. The number of benzene rings is 2. The normalized spacial score (nSPS) is 12.1. The van der Waals surface area contributed by atoms with Crippen LogP contribution in [0.3, 0.4) is 0 Å². The highest BCUT2D eigenvalue weighted by atomic mass is 32.2. The maximum Gasteiger partial charge on any atom is 0.225 e. The van der Waals surface area contributed by atoms with Gasteiger partial charge in [-0.15, -0.1) is 0 Å². The van der Waals surface area contributed by atoms with Gasteiger partial charge in [0.2, 0.25) is 11.8 Å². The number of carbonyl (C=O) groups excluding carboxylic acids is 3. The average molecular weight is 471 g/mol. The number of ketones is 1. The lowest BCUT2D eigenvalue weighted by atomic mass is 10.0. The van der Waals surface area contributed by atoms with Crippen LogP contribution in [0, 0.1) is 0 Å². The monoisotopic (exact) mass is 470 g/mol. The maximum absolute atomic E-state index is 13.0. The van der Waals surface area contributed by atoms with Crippen molar-refractivity contribution in [2.24, 2.45) is 0 Å². The molecule has 2 amide bonds. The van der Waals surface area contributed by atoms with Crippen LogP contribution in [-0.4, -0.2) is 39.6 Å². The van der Waals surface area contributed by atoms with Gasteiger partial charge in [0, 0.05) is 46.8 Å². The average Bonchev–Trinajstić information content (AvgIpc) is 2.99. The summed E-state index contributed by atoms with van der Waals surface area (Å²) in [5.41, 5.74) is 4.10. The predicted molar refractivity (Wildman–Crippen MR) is 137 cm³/mol. The van der Waals surface area contributed by atoms with Crippen molar-refractivity contribution in [1.82, 2.24) is 0 Å². The molecule has 1 aliphatic carbocycles. The summed E-state index contributed by atoms with van der Waals surface area (Å²) in [5.74, 6) is 1.34. The van der Waals surface area contributed by atoms with E-state index in [0.29, 0.717) is 45.8 Å². The van der Waals surface area contributed by atoms with Crippen LogP contribution in [0.25, 0.3) is 11.1 Å². The van der Waals surface area contributed by atoms with Gasteiger partial charge in [-0.3, -0.25) is 14.4 Å². The highest BCUT2D eigenvalue weighted by Crippen LogP contribution is 2.39. The first-order chi connectivity index (χ1) is 15.2. The van der Waals surface area contributed by atoms with E-state index in [1.807, 2.05) is 24.3 Å². The van der Waals surface area contributed by atoms with Gasteiger partial charge in [-0.05, 0) is 45.9 Å². The fraction of sp³-hybridized carbons (Fsp3) is 0.400. The van der Waals surface area contributed by atoms with Gasteiger partial charge in [0.25, 0.3) is 0 Å². The van der Waals surface area contributed by atoms with Crippen LogP contribution in [-0.2, 0) is 9.59 Å². The first-order valence-electron chi connectivity index (χ1n) is 10.9. The van der Waals surface area contributed by atoms with Gasteiger partial charge in [-0.1, -0.05) is 39.8 Å². The molecule has 0 atom stereocenters. The molecular weight excluding hydrogens is 440 g/mol. The third-order valence-electron chi connectivity index (χ3n) is 4.95. The molecule has 170 valence electrons. The molecule has 0 radical (unpaired) electrons. The summed E-state index contributed by atoms with van der Waals surface area (Å²) in [4.78, 5) is 37.4. The number of thioether (sulfide) groups is 2. The number of carbonyl (C=O) groups is 3. The van der Waals surface area contributed by atoms with Gasteiger partial charge >= 0.3 is 0 Å². The van der Waals surface area contributed by atoms with Crippen LogP contribution in [0.2, 0.25) is 0 Å². The van der Waals surface area contributed by atoms with Crippen LogP contribution in [0.5, 0.6) is 0 Å². The Morgan fingerprint density at radius 1 is 0.719 bits per heavy atom. The lowest BCUT2D eigenvalue weighted by Gasteiger charge is -2.08. The Balaban J connectivity index is 1.66. The molecule has 0 bridgehead atoms. The van der Waals surface area contributed by atoms with Crippen molar-refractivity contribution in [2.75, 3.05) is 22.1 Å². The third kappa shape index (κ3) is 6.39. The minimum Gasteiger partial charge on any atom is -0.326 e. The SMILES string of the molecule is CC(C)SCCC(=O)Nc1ccc2c(c1)C(=O)c1cc(NC(=O)CCSC(C)C)ccc1-2. The zero-order valence-corrected chi connectivity index (χ0v) is 20.6. The Morgan fingerprint density at radius 2 is 1.12 bits per heavy atom. The Bertz CT molecular complexity index is 939. The summed E-state index contributed by atoms with van der Waals surface area (Å²) in [6.45, 7) is 8.43.